The Balaban J connectivity index is 1.54. The molecule has 0 radical (unpaired) electrons. The highest BCUT2D eigenvalue weighted by Crippen LogP contribution is 2.31. The van der Waals surface area contributed by atoms with Crippen LogP contribution < -0.4 is 9.80 Å². The smallest absolute Gasteiger partial charge is 0.150 e. The average molecular weight is 331 g/mol. The normalized spacial score (nSPS) is 15.5. The number of halogens is 1. The number of hydrogen-bond acceptors (Lipinski definition) is 5. The Hall–Kier alpha value is -1.85. The third kappa shape index (κ3) is 2.40. The maximum absolute atomic E-state index is 6.24. The fourth-order valence-electron chi connectivity index (χ4n) is 2.84. The quantitative estimate of drug-likeness (QED) is 0.717. The summed E-state index contributed by atoms with van der Waals surface area (Å²) in [5.41, 5.74) is 0. The van der Waals surface area contributed by atoms with Crippen LogP contribution in [0, 0.1) is 0 Å². The summed E-state index contributed by atoms with van der Waals surface area (Å²) >= 11 is 7.81. The summed E-state index contributed by atoms with van der Waals surface area (Å²) in [6.45, 7) is 3.67. The SMILES string of the molecule is Clc1cccnc1N1CCN(c2nsc3ccccc23)CC1. The van der Waals surface area contributed by atoms with Crippen LogP contribution in [-0.4, -0.2) is 35.5 Å². The molecule has 3 heterocycles. The zero-order chi connectivity index (χ0) is 14.9. The van der Waals surface area contributed by atoms with Crippen LogP contribution in [0.5, 0.6) is 0 Å². The Morgan fingerprint density at radius 2 is 1.64 bits per heavy atom. The van der Waals surface area contributed by atoms with Gasteiger partial charge in [-0.3, -0.25) is 0 Å². The number of aromatic nitrogens is 2. The van der Waals surface area contributed by atoms with Gasteiger partial charge in [-0.25, -0.2) is 4.98 Å². The standard InChI is InChI=1S/C16H15ClN4S/c17-13-5-3-7-18-16(13)21-10-8-20(9-11-21)15-12-4-1-2-6-14(12)22-19-15/h1-7H,8-11H2. The third-order valence-electron chi connectivity index (χ3n) is 3.98. The molecule has 0 aliphatic carbocycles. The first-order valence-corrected chi connectivity index (χ1v) is 8.43. The topological polar surface area (TPSA) is 32.3 Å². The predicted octanol–water partition coefficient (Wildman–Crippen LogP) is 3.67. The number of benzene rings is 1. The van der Waals surface area contributed by atoms with Crippen molar-refractivity contribution in [2.45, 2.75) is 0 Å². The first-order chi connectivity index (χ1) is 10.8. The van der Waals surface area contributed by atoms with Crippen LogP contribution in [0.1, 0.15) is 0 Å². The van der Waals surface area contributed by atoms with Gasteiger partial charge in [-0.15, -0.1) is 0 Å². The van der Waals surface area contributed by atoms with Crippen molar-refractivity contribution in [3.8, 4) is 0 Å². The molecule has 0 saturated carbocycles. The Morgan fingerprint density at radius 1 is 0.909 bits per heavy atom. The van der Waals surface area contributed by atoms with Crippen molar-refractivity contribution in [3.05, 3.63) is 47.6 Å². The summed E-state index contributed by atoms with van der Waals surface area (Å²) in [7, 11) is 0. The molecule has 6 heteroatoms. The number of rotatable bonds is 2. The molecule has 112 valence electrons. The van der Waals surface area contributed by atoms with E-state index in [9.17, 15) is 0 Å². The highest BCUT2D eigenvalue weighted by Gasteiger charge is 2.22. The third-order valence-corrected chi connectivity index (χ3v) is 5.09. The van der Waals surface area contributed by atoms with Crippen LogP contribution in [0.2, 0.25) is 5.02 Å². The van der Waals surface area contributed by atoms with Gasteiger partial charge >= 0.3 is 0 Å². The van der Waals surface area contributed by atoms with Gasteiger partial charge in [0, 0.05) is 37.8 Å². The Kier molecular flexibility index (Phi) is 3.60. The number of piperazine rings is 1. The molecular weight excluding hydrogens is 316 g/mol. The number of hydrogen-bond donors (Lipinski definition) is 0. The van der Waals surface area contributed by atoms with Crippen LogP contribution >= 0.6 is 23.1 Å². The van der Waals surface area contributed by atoms with Crippen molar-refractivity contribution < 1.29 is 0 Å². The Labute approximate surface area is 138 Å². The first kappa shape index (κ1) is 13.8. The lowest BCUT2D eigenvalue weighted by molar-refractivity contribution is 0.645. The molecule has 3 aromatic rings. The molecule has 4 rings (SSSR count). The lowest BCUT2D eigenvalue weighted by Crippen LogP contribution is -2.47. The molecule has 1 aromatic carbocycles. The summed E-state index contributed by atoms with van der Waals surface area (Å²) < 4.78 is 5.88. The van der Waals surface area contributed by atoms with Gasteiger partial charge in [-0.1, -0.05) is 23.7 Å². The molecule has 0 spiro atoms. The van der Waals surface area contributed by atoms with Crippen molar-refractivity contribution >= 4 is 44.9 Å². The largest absolute Gasteiger partial charge is 0.352 e. The molecule has 2 aromatic heterocycles. The van der Waals surface area contributed by atoms with E-state index in [4.69, 9.17) is 11.6 Å². The molecule has 22 heavy (non-hydrogen) atoms. The lowest BCUT2D eigenvalue weighted by Gasteiger charge is -2.36. The first-order valence-electron chi connectivity index (χ1n) is 7.28. The zero-order valence-corrected chi connectivity index (χ0v) is 13.5. The van der Waals surface area contributed by atoms with E-state index in [0.717, 1.165) is 42.8 Å². The van der Waals surface area contributed by atoms with Gasteiger partial charge in [0.05, 0.1) is 9.72 Å². The van der Waals surface area contributed by atoms with Crippen LogP contribution in [0.3, 0.4) is 0 Å². The van der Waals surface area contributed by atoms with Crippen molar-refractivity contribution in [2.24, 2.45) is 0 Å². The maximum Gasteiger partial charge on any atom is 0.150 e. The molecule has 1 aliphatic heterocycles. The van der Waals surface area contributed by atoms with Crippen molar-refractivity contribution in [1.29, 1.82) is 0 Å². The molecule has 1 aliphatic rings. The summed E-state index contributed by atoms with van der Waals surface area (Å²) in [4.78, 5) is 9.00. The minimum Gasteiger partial charge on any atom is -0.352 e. The van der Waals surface area contributed by atoms with Gasteiger partial charge in [0.1, 0.15) is 11.6 Å². The van der Waals surface area contributed by atoms with Crippen LogP contribution in [0.4, 0.5) is 11.6 Å². The van der Waals surface area contributed by atoms with E-state index in [0.29, 0.717) is 0 Å². The fraction of sp³-hybridized carbons (Fsp3) is 0.250. The van der Waals surface area contributed by atoms with E-state index >= 15 is 0 Å². The number of anilines is 2. The van der Waals surface area contributed by atoms with E-state index in [1.807, 2.05) is 12.1 Å². The second-order valence-corrected chi connectivity index (χ2v) is 6.50. The van der Waals surface area contributed by atoms with Crippen molar-refractivity contribution in [1.82, 2.24) is 9.36 Å². The number of nitrogens with zero attached hydrogens (tertiary/aromatic N) is 4. The lowest BCUT2D eigenvalue weighted by atomic mass is 10.2. The van der Waals surface area contributed by atoms with Crippen LogP contribution in [-0.2, 0) is 0 Å². The number of pyridine rings is 1. The minimum atomic E-state index is 0.718. The highest BCUT2D eigenvalue weighted by atomic mass is 35.5. The number of fused-ring (bicyclic) bond motifs is 1. The van der Waals surface area contributed by atoms with Crippen LogP contribution in [0.15, 0.2) is 42.6 Å². The second kappa shape index (κ2) is 5.74. The molecule has 0 N–H and O–H groups in total. The van der Waals surface area contributed by atoms with Gasteiger partial charge < -0.3 is 9.80 Å². The summed E-state index contributed by atoms with van der Waals surface area (Å²) in [5, 5.41) is 1.96. The molecule has 0 bridgehead atoms. The average Bonchev–Trinajstić information content (AvgIpc) is 3.00. The van der Waals surface area contributed by atoms with E-state index in [1.54, 1.807) is 17.7 Å². The van der Waals surface area contributed by atoms with E-state index < -0.39 is 0 Å². The van der Waals surface area contributed by atoms with Gasteiger partial charge in [0.2, 0.25) is 0 Å². The maximum atomic E-state index is 6.24. The van der Waals surface area contributed by atoms with Gasteiger partial charge in [0.25, 0.3) is 0 Å². The molecular formula is C16H15ClN4S. The Bertz CT molecular complexity index is 795. The van der Waals surface area contributed by atoms with Gasteiger partial charge in [-0.05, 0) is 35.8 Å². The molecule has 1 saturated heterocycles. The van der Waals surface area contributed by atoms with E-state index in [1.165, 1.54) is 10.1 Å². The molecule has 0 atom stereocenters. The monoisotopic (exact) mass is 330 g/mol. The molecule has 4 nitrogen and oxygen atoms in total. The van der Waals surface area contributed by atoms with E-state index in [2.05, 4.69) is 43.4 Å². The zero-order valence-electron chi connectivity index (χ0n) is 11.9. The Morgan fingerprint density at radius 3 is 2.41 bits per heavy atom. The van der Waals surface area contributed by atoms with Crippen molar-refractivity contribution in [2.75, 3.05) is 36.0 Å². The summed E-state index contributed by atoms with van der Waals surface area (Å²) in [6, 6.07) is 12.2. The summed E-state index contributed by atoms with van der Waals surface area (Å²) in [5.74, 6) is 1.99. The van der Waals surface area contributed by atoms with E-state index in [-0.39, 0.29) is 0 Å². The molecule has 0 unspecified atom stereocenters. The second-order valence-electron chi connectivity index (χ2n) is 5.29. The van der Waals surface area contributed by atoms with Gasteiger partial charge in [0.15, 0.2) is 0 Å². The van der Waals surface area contributed by atoms with Gasteiger partial charge in [-0.2, -0.15) is 4.37 Å². The highest BCUT2D eigenvalue weighted by molar-refractivity contribution is 7.13. The predicted molar refractivity (Wildman–Crippen MR) is 93.3 cm³/mol. The molecule has 0 amide bonds. The minimum absolute atomic E-state index is 0.718. The van der Waals surface area contributed by atoms with Crippen molar-refractivity contribution in [3.63, 3.8) is 0 Å². The molecule has 1 fully saturated rings. The fourth-order valence-corrected chi connectivity index (χ4v) is 3.88. The summed E-state index contributed by atoms with van der Waals surface area (Å²) in [6.07, 6.45) is 1.79. The van der Waals surface area contributed by atoms with Crippen LogP contribution in [0.25, 0.3) is 10.1 Å².